The van der Waals surface area contributed by atoms with Crippen LogP contribution in [0.1, 0.15) is 12.1 Å². The summed E-state index contributed by atoms with van der Waals surface area (Å²) in [5.41, 5.74) is 1.11. The number of aromatic nitrogens is 1. The van der Waals surface area contributed by atoms with E-state index >= 15 is 0 Å². The van der Waals surface area contributed by atoms with Crippen molar-refractivity contribution in [1.82, 2.24) is 9.88 Å². The van der Waals surface area contributed by atoms with Crippen molar-refractivity contribution in [2.45, 2.75) is 13.0 Å². The Morgan fingerprint density at radius 3 is 2.89 bits per heavy atom. The van der Waals surface area contributed by atoms with Gasteiger partial charge in [-0.1, -0.05) is 12.1 Å². The van der Waals surface area contributed by atoms with E-state index in [0.717, 1.165) is 38.5 Å². The third-order valence-electron chi connectivity index (χ3n) is 4.91. The lowest BCUT2D eigenvalue weighted by Gasteiger charge is -2.25. The van der Waals surface area contributed by atoms with Crippen LogP contribution >= 0.6 is 11.3 Å². The molecule has 9 heteroatoms. The van der Waals surface area contributed by atoms with E-state index in [0.29, 0.717) is 5.13 Å². The van der Waals surface area contributed by atoms with Gasteiger partial charge in [-0.25, -0.2) is 9.37 Å². The number of nitrogens with one attached hydrogen (secondary N) is 1. The molecule has 1 unspecified atom stereocenters. The second kappa shape index (κ2) is 8.34. The Hall–Kier alpha value is -2.36. The van der Waals surface area contributed by atoms with Crippen molar-refractivity contribution in [3.63, 3.8) is 0 Å². The molecule has 4 rings (SSSR count). The van der Waals surface area contributed by atoms with Crippen LogP contribution in [0.2, 0.25) is 0 Å². The van der Waals surface area contributed by atoms with E-state index in [1.807, 2.05) is 5.38 Å². The maximum Gasteiger partial charge on any atom is 0.231 e. The first-order valence-electron chi connectivity index (χ1n) is 9.20. The van der Waals surface area contributed by atoms with Gasteiger partial charge in [0.2, 0.25) is 11.8 Å². The maximum absolute atomic E-state index is 14.0. The number of amides is 2. The van der Waals surface area contributed by atoms with Crippen molar-refractivity contribution in [3.05, 3.63) is 41.2 Å². The monoisotopic (exact) mass is 404 g/mol. The molecule has 0 bridgehead atoms. The van der Waals surface area contributed by atoms with Gasteiger partial charge in [-0.3, -0.25) is 14.5 Å². The SMILES string of the molecule is O=C(Nc1nc(CN2CCOCC2)cs1)C1CC(=O)N(c2ccccc2F)C1. The molecule has 148 valence electrons. The van der Waals surface area contributed by atoms with Crippen LogP contribution in [-0.2, 0) is 20.9 Å². The summed E-state index contributed by atoms with van der Waals surface area (Å²) in [6, 6.07) is 6.10. The normalized spacial score (nSPS) is 20.5. The van der Waals surface area contributed by atoms with Gasteiger partial charge in [0.05, 0.1) is 30.5 Å². The summed E-state index contributed by atoms with van der Waals surface area (Å²) in [6.07, 6.45) is 0.0617. The highest BCUT2D eigenvalue weighted by molar-refractivity contribution is 7.13. The Morgan fingerprint density at radius 2 is 2.11 bits per heavy atom. The van der Waals surface area contributed by atoms with Crippen LogP contribution in [0.25, 0.3) is 0 Å². The molecule has 2 fully saturated rings. The molecule has 0 radical (unpaired) electrons. The van der Waals surface area contributed by atoms with Crippen LogP contribution in [0.15, 0.2) is 29.6 Å². The molecule has 1 N–H and O–H groups in total. The van der Waals surface area contributed by atoms with E-state index in [4.69, 9.17) is 4.74 Å². The van der Waals surface area contributed by atoms with Crippen LogP contribution in [0.5, 0.6) is 0 Å². The molecule has 2 saturated heterocycles. The Balaban J connectivity index is 1.35. The Morgan fingerprint density at radius 1 is 1.32 bits per heavy atom. The van der Waals surface area contributed by atoms with Gasteiger partial charge >= 0.3 is 0 Å². The summed E-state index contributed by atoms with van der Waals surface area (Å²) in [5.74, 6) is -1.51. The largest absolute Gasteiger partial charge is 0.379 e. The fourth-order valence-corrected chi connectivity index (χ4v) is 4.12. The molecular weight excluding hydrogens is 383 g/mol. The molecule has 1 aromatic carbocycles. The van der Waals surface area contributed by atoms with Gasteiger partial charge < -0.3 is 15.0 Å². The number of halogens is 1. The molecule has 1 atom stereocenters. The summed E-state index contributed by atoms with van der Waals surface area (Å²) in [5, 5.41) is 5.25. The number of carbonyl (C=O) groups excluding carboxylic acids is 2. The molecule has 2 aliphatic rings. The third-order valence-corrected chi connectivity index (χ3v) is 5.72. The number of carbonyl (C=O) groups is 2. The van der Waals surface area contributed by atoms with Crippen molar-refractivity contribution in [1.29, 1.82) is 0 Å². The number of hydrogen-bond acceptors (Lipinski definition) is 6. The second-order valence-electron chi connectivity index (χ2n) is 6.88. The number of rotatable bonds is 5. The number of nitrogens with zero attached hydrogens (tertiary/aromatic N) is 3. The minimum Gasteiger partial charge on any atom is -0.379 e. The summed E-state index contributed by atoms with van der Waals surface area (Å²) in [4.78, 5) is 32.9. The number of ether oxygens (including phenoxy) is 1. The number of para-hydroxylation sites is 1. The maximum atomic E-state index is 14.0. The molecule has 28 heavy (non-hydrogen) atoms. The minimum absolute atomic E-state index is 0.0617. The number of benzene rings is 1. The summed E-state index contributed by atoms with van der Waals surface area (Å²) >= 11 is 1.37. The molecule has 0 aliphatic carbocycles. The lowest BCUT2D eigenvalue weighted by Crippen LogP contribution is -2.35. The zero-order valence-corrected chi connectivity index (χ0v) is 16.1. The standard InChI is InChI=1S/C19H21FN4O3S/c20-15-3-1-2-4-16(15)24-10-13(9-17(24)25)18(26)22-19-21-14(12-28-19)11-23-5-7-27-8-6-23/h1-4,12-13H,5-11H2,(H,21,22,26). The first-order chi connectivity index (χ1) is 13.6. The zero-order chi connectivity index (χ0) is 19.5. The molecular formula is C19H21FN4O3S. The quantitative estimate of drug-likeness (QED) is 0.826. The molecule has 1 aromatic heterocycles. The van der Waals surface area contributed by atoms with E-state index < -0.39 is 11.7 Å². The fourth-order valence-electron chi connectivity index (χ4n) is 3.42. The second-order valence-corrected chi connectivity index (χ2v) is 7.74. The number of hydrogen-bond donors (Lipinski definition) is 1. The van der Waals surface area contributed by atoms with E-state index in [9.17, 15) is 14.0 Å². The van der Waals surface area contributed by atoms with E-state index in [1.165, 1.54) is 22.3 Å². The van der Waals surface area contributed by atoms with E-state index in [1.54, 1.807) is 18.2 Å². The number of morpholine rings is 1. The van der Waals surface area contributed by atoms with Crippen LogP contribution < -0.4 is 10.2 Å². The van der Waals surface area contributed by atoms with Gasteiger partial charge in [0.1, 0.15) is 5.82 Å². The zero-order valence-electron chi connectivity index (χ0n) is 15.3. The first kappa shape index (κ1) is 19.0. The van der Waals surface area contributed by atoms with Crippen molar-refractivity contribution < 1.29 is 18.7 Å². The topological polar surface area (TPSA) is 74.8 Å². The predicted molar refractivity (Wildman–Crippen MR) is 104 cm³/mol. The molecule has 0 spiro atoms. The summed E-state index contributed by atoms with van der Waals surface area (Å²) in [6.45, 7) is 4.07. The molecule has 3 heterocycles. The average molecular weight is 404 g/mol. The highest BCUT2D eigenvalue weighted by Crippen LogP contribution is 2.28. The van der Waals surface area contributed by atoms with Crippen LogP contribution in [0.3, 0.4) is 0 Å². The highest BCUT2D eigenvalue weighted by Gasteiger charge is 2.36. The van der Waals surface area contributed by atoms with Crippen LogP contribution in [-0.4, -0.2) is 54.5 Å². The summed E-state index contributed by atoms with van der Waals surface area (Å²) < 4.78 is 19.3. The Labute approximate surface area is 166 Å². The van der Waals surface area contributed by atoms with Gasteiger partial charge in [0.25, 0.3) is 0 Å². The number of anilines is 2. The minimum atomic E-state index is -0.529. The molecule has 2 amide bonds. The van der Waals surface area contributed by atoms with Crippen LogP contribution in [0.4, 0.5) is 15.2 Å². The lowest BCUT2D eigenvalue weighted by atomic mass is 10.1. The van der Waals surface area contributed by atoms with Gasteiger partial charge in [-0.2, -0.15) is 0 Å². The van der Waals surface area contributed by atoms with Crippen molar-refractivity contribution in [2.24, 2.45) is 5.92 Å². The predicted octanol–water partition coefficient (Wildman–Crippen LogP) is 2.11. The van der Waals surface area contributed by atoms with Gasteiger partial charge in [0, 0.05) is 38.0 Å². The van der Waals surface area contributed by atoms with Crippen molar-refractivity contribution >= 4 is 34.0 Å². The third kappa shape index (κ3) is 4.21. The first-order valence-corrected chi connectivity index (χ1v) is 10.1. The average Bonchev–Trinajstić information content (AvgIpc) is 3.29. The molecule has 7 nitrogen and oxygen atoms in total. The molecule has 0 saturated carbocycles. The smallest absolute Gasteiger partial charge is 0.231 e. The highest BCUT2D eigenvalue weighted by atomic mass is 32.1. The molecule has 2 aliphatic heterocycles. The van der Waals surface area contributed by atoms with Gasteiger partial charge in [-0.05, 0) is 12.1 Å². The Kier molecular flexibility index (Phi) is 5.65. The number of thiazole rings is 1. The Bertz CT molecular complexity index is 868. The van der Waals surface area contributed by atoms with Crippen molar-refractivity contribution in [3.8, 4) is 0 Å². The fraction of sp³-hybridized carbons (Fsp3) is 0.421. The molecule has 2 aromatic rings. The van der Waals surface area contributed by atoms with Gasteiger partial charge in [0.15, 0.2) is 5.13 Å². The summed E-state index contributed by atoms with van der Waals surface area (Å²) in [7, 11) is 0. The van der Waals surface area contributed by atoms with Gasteiger partial charge in [-0.15, -0.1) is 11.3 Å². The van der Waals surface area contributed by atoms with E-state index in [-0.39, 0.29) is 30.5 Å². The van der Waals surface area contributed by atoms with Crippen LogP contribution in [0, 0.1) is 11.7 Å². The van der Waals surface area contributed by atoms with Crippen molar-refractivity contribution in [2.75, 3.05) is 43.1 Å². The lowest BCUT2D eigenvalue weighted by molar-refractivity contribution is -0.122. The van der Waals surface area contributed by atoms with E-state index in [2.05, 4.69) is 15.2 Å².